The van der Waals surface area contributed by atoms with Gasteiger partial charge in [0, 0.05) is 6.61 Å². The smallest absolute Gasteiger partial charge is 0.138 e. The van der Waals surface area contributed by atoms with Gasteiger partial charge in [-0.15, -0.1) is 0 Å². The van der Waals surface area contributed by atoms with Gasteiger partial charge in [-0.25, -0.2) is 9.67 Å². The summed E-state index contributed by atoms with van der Waals surface area (Å²) < 4.78 is 7.34. The summed E-state index contributed by atoms with van der Waals surface area (Å²) in [7, 11) is 0. The zero-order chi connectivity index (χ0) is 12.4. The Kier molecular flexibility index (Phi) is 2.98. The molecule has 18 heavy (non-hydrogen) atoms. The maximum Gasteiger partial charge on any atom is 0.138 e. The Labute approximate surface area is 106 Å². The van der Waals surface area contributed by atoms with Crippen molar-refractivity contribution in [2.45, 2.75) is 25.5 Å². The fourth-order valence-electron chi connectivity index (χ4n) is 2.25. The number of benzene rings is 1. The maximum atomic E-state index is 5.57. The summed E-state index contributed by atoms with van der Waals surface area (Å²) in [6, 6.07) is 8.45. The highest BCUT2D eigenvalue weighted by molar-refractivity contribution is 5.61. The topological polar surface area (TPSA) is 52.0 Å². The fourth-order valence-corrected chi connectivity index (χ4v) is 2.25. The van der Waals surface area contributed by atoms with Gasteiger partial charge in [0.05, 0.1) is 23.5 Å². The molecule has 2 aromatic rings. The molecular weight excluding hydrogens is 228 g/mol. The van der Waals surface area contributed by atoms with Crippen molar-refractivity contribution in [2.24, 2.45) is 0 Å². The average Bonchev–Trinajstić information content (AvgIpc) is 3.03. The van der Waals surface area contributed by atoms with Gasteiger partial charge in [-0.2, -0.15) is 5.10 Å². The SMILES string of the molecule is CC1OCCC1Nc1ccccc1-n1cncn1. The zero-order valence-electron chi connectivity index (χ0n) is 10.3. The number of hydrogen-bond donors (Lipinski definition) is 1. The van der Waals surface area contributed by atoms with Gasteiger partial charge >= 0.3 is 0 Å². The average molecular weight is 244 g/mol. The van der Waals surface area contributed by atoms with E-state index in [1.807, 2.05) is 18.2 Å². The lowest BCUT2D eigenvalue weighted by atomic mass is 10.1. The summed E-state index contributed by atoms with van der Waals surface area (Å²) in [5, 5.41) is 7.71. The van der Waals surface area contributed by atoms with Crippen molar-refractivity contribution in [3.63, 3.8) is 0 Å². The molecule has 1 N–H and O–H groups in total. The summed E-state index contributed by atoms with van der Waals surface area (Å²) in [4.78, 5) is 3.99. The minimum atomic E-state index is 0.244. The van der Waals surface area contributed by atoms with Crippen LogP contribution in [0, 0.1) is 0 Å². The lowest BCUT2D eigenvalue weighted by Gasteiger charge is -2.19. The third-order valence-electron chi connectivity index (χ3n) is 3.29. The van der Waals surface area contributed by atoms with Crippen molar-refractivity contribution in [3.8, 4) is 5.69 Å². The third kappa shape index (κ3) is 2.09. The summed E-state index contributed by atoms with van der Waals surface area (Å²) in [6.07, 6.45) is 4.52. The number of nitrogens with zero attached hydrogens (tertiary/aromatic N) is 3. The van der Waals surface area contributed by atoms with Crippen LogP contribution in [0.25, 0.3) is 5.69 Å². The van der Waals surface area contributed by atoms with Gasteiger partial charge in [-0.1, -0.05) is 12.1 Å². The predicted molar refractivity (Wildman–Crippen MR) is 68.8 cm³/mol. The molecule has 0 aliphatic carbocycles. The number of para-hydroxylation sites is 2. The Bertz CT molecular complexity index is 511. The van der Waals surface area contributed by atoms with E-state index in [4.69, 9.17) is 4.74 Å². The van der Waals surface area contributed by atoms with Gasteiger partial charge in [0.25, 0.3) is 0 Å². The molecule has 1 aromatic carbocycles. The van der Waals surface area contributed by atoms with Crippen molar-refractivity contribution in [3.05, 3.63) is 36.9 Å². The Balaban J connectivity index is 1.88. The van der Waals surface area contributed by atoms with Gasteiger partial charge in [-0.3, -0.25) is 0 Å². The molecule has 1 fully saturated rings. The van der Waals surface area contributed by atoms with Crippen molar-refractivity contribution < 1.29 is 4.74 Å². The van der Waals surface area contributed by atoms with Crippen LogP contribution in [0.4, 0.5) is 5.69 Å². The molecule has 2 unspecified atom stereocenters. The van der Waals surface area contributed by atoms with Gasteiger partial charge in [0.15, 0.2) is 0 Å². The Hall–Kier alpha value is -1.88. The van der Waals surface area contributed by atoms with Gasteiger partial charge < -0.3 is 10.1 Å². The number of ether oxygens (including phenoxy) is 1. The van der Waals surface area contributed by atoms with E-state index in [0.29, 0.717) is 6.04 Å². The molecule has 0 saturated carbocycles. The van der Waals surface area contributed by atoms with E-state index in [9.17, 15) is 0 Å². The lowest BCUT2D eigenvalue weighted by Crippen LogP contribution is -2.27. The second-order valence-electron chi connectivity index (χ2n) is 4.47. The molecule has 5 heteroatoms. The van der Waals surface area contributed by atoms with Crippen LogP contribution in [0.5, 0.6) is 0 Å². The summed E-state index contributed by atoms with van der Waals surface area (Å²) in [6.45, 7) is 2.92. The Morgan fingerprint density at radius 3 is 3.00 bits per heavy atom. The van der Waals surface area contributed by atoms with Crippen molar-refractivity contribution in [1.82, 2.24) is 14.8 Å². The Morgan fingerprint density at radius 1 is 1.39 bits per heavy atom. The molecule has 1 aromatic heterocycles. The molecular formula is C13H16N4O. The molecule has 1 aliphatic rings. The normalized spacial score (nSPS) is 23.2. The number of aromatic nitrogens is 3. The van der Waals surface area contributed by atoms with Crippen LogP contribution in [0.2, 0.25) is 0 Å². The summed E-state index contributed by atoms with van der Waals surface area (Å²) in [5.41, 5.74) is 2.07. The molecule has 0 spiro atoms. The van der Waals surface area contributed by atoms with Crippen LogP contribution in [-0.2, 0) is 4.74 Å². The molecule has 5 nitrogen and oxygen atoms in total. The van der Waals surface area contributed by atoms with Crippen LogP contribution in [0.3, 0.4) is 0 Å². The number of rotatable bonds is 3. The minimum Gasteiger partial charge on any atom is -0.378 e. The summed E-state index contributed by atoms with van der Waals surface area (Å²) >= 11 is 0. The summed E-state index contributed by atoms with van der Waals surface area (Å²) in [5.74, 6) is 0. The second kappa shape index (κ2) is 4.78. The highest BCUT2D eigenvalue weighted by Crippen LogP contribution is 2.23. The van der Waals surface area contributed by atoms with Crippen molar-refractivity contribution in [2.75, 3.05) is 11.9 Å². The molecule has 1 aliphatic heterocycles. The molecule has 2 atom stereocenters. The van der Waals surface area contributed by atoms with E-state index in [0.717, 1.165) is 24.4 Å². The van der Waals surface area contributed by atoms with Crippen molar-refractivity contribution >= 4 is 5.69 Å². The lowest BCUT2D eigenvalue weighted by molar-refractivity contribution is 0.121. The molecule has 0 bridgehead atoms. The quantitative estimate of drug-likeness (QED) is 0.895. The minimum absolute atomic E-state index is 0.244. The second-order valence-corrected chi connectivity index (χ2v) is 4.47. The van der Waals surface area contributed by atoms with Crippen LogP contribution in [0.15, 0.2) is 36.9 Å². The van der Waals surface area contributed by atoms with Crippen LogP contribution in [0.1, 0.15) is 13.3 Å². The first-order valence-electron chi connectivity index (χ1n) is 6.17. The molecule has 94 valence electrons. The van der Waals surface area contributed by atoms with Crippen molar-refractivity contribution in [1.29, 1.82) is 0 Å². The van der Waals surface area contributed by atoms with Gasteiger partial charge in [0.2, 0.25) is 0 Å². The zero-order valence-corrected chi connectivity index (χ0v) is 10.3. The number of anilines is 1. The molecule has 0 radical (unpaired) electrons. The molecule has 2 heterocycles. The van der Waals surface area contributed by atoms with E-state index in [-0.39, 0.29) is 6.10 Å². The third-order valence-corrected chi connectivity index (χ3v) is 3.29. The molecule has 1 saturated heterocycles. The van der Waals surface area contributed by atoms with Gasteiger partial charge in [0.1, 0.15) is 12.7 Å². The molecule has 0 amide bonds. The first-order valence-corrected chi connectivity index (χ1v) is 6.17. The standard InChI is InChI=1S/C13H16N4O/c1-10-11(6-7-18-10)16-12-4-2-3-5-13(12)17-9-14-8-15-17/h2-5,8-11,16H,6-7H2,1H3. The monoisotopic (exact) mass is 244 g/mol. The maximum absolute atomic E-state index is 5.57. The van der Waals surface area contributed by atoms with Gasteiger partial charge in [-0.05, 0) is 25.5 Å². The van der Waals surface area contributed by atoms with E-state index in [2.05, 4.69) is 28.4 Å². The van der Waals surface area contributed by atoms with Crippen LogP contribution < -0.4 is 5.32 Å². The highest BCUT2D eigenvalue weighted by Gasteiger charge is 2.24. The number of nitrogens with one attached hydrogen (secondary N) is 1. The number of hydrogen-bond acceptors (Lipinski definition) is 4. The van der Waals surface area contributed by atoms with Crippen LogP contribution >= 0.6 is 0 Å². The molecule has 3 rings (SSSR count). The fraction of sp³-hybridized carbons (Fsp3) is 0.385. The predicted octanol–water partition coefficient (Wildman–Crippen LogP) is 1.86. The van der Waals surface area contributed by atoms with E-state index < -0.39 is 0 Å². The van der Waals surface area contributed by atoms with Crippen LogP contribution in [-0.4, -0.2) is 33.5 Å². The Morgan fingerprint density at radius 2 is 2.28 bits per heavy atom. The van der Waals surface area contributed by atoms with E-state index >= 15 is 0 Å². The largest absolute Gasteiger partial charge is 0.378 e. The first-order chi connectivity index (χ1) is 8.84. The first kappa shape index (κ1) is 11.2. The van der Waals surface area contributed by atoms with E-state index in [1.54, 1.807) is 11.0 Å². The van der Waals surface area contributed by atoms with E-state index in [1.165, 1.54) is 6.33 Å². The highest BCUT2D eigenvalue weighted by atomic mass is 16.5.